The first-order valence-electron chi connectivity index (χ1n) is 8.65. The van der Waals surface area contributed by atoms with Crippen molar-refractivity contribution in [2.24, 2.45) is 0 Å². The van der Waals surface area contributed by atoms with Gasteiger partial charge in [-0.2, -0.15) is 17.5 Å². The molecule has 146 valence electrons. The Balaban J connectivity index is 1.46. The van der Waals surface area contributed by atoms with E-state index in [0.717, 1.165) is 41.5 Å². The summed E-state index contributed by atoms with van der Waals surface area (Å²) >= 11 is 0.928. The third kappa shape index (κ3) is 3.57. The van der Waals surface area contributed by atoms with Gasteiger partial charge in [0.2, 0.25) is 10.0 Å². The minimum Gasteiger partial charge on any atom is -0.345 e. The summed E-state index contributed by atoms with van der Waals surface area (Å²) in [6, 6.07) is 5.31. The Morgan fingerprint density at radius 3 is 2.41 bits per heavy atom. The van der Waals surface area contributed by atoms with Crippen molar-refractivity contribution in [1.82, 2.24) is 9.29 Å². The van der Waals surface area contributed by atoms with E-state index in [9.17, 15) is 21.6 Å². The van der Waals surface area contributed by atoms with E-state index in [4.69, 9.17) is 0 Å². The highest BCUT2D eigenvalue weighted by Gasteiger charge is 2.35. The predicted octanol–water partition coefficient (Wildman–Crippen LogP) is 3.16. The minimum absolute atomic E-state index is 0.223. The second-order valence-corrected chi connectivity index (χ2v) is 9.46. The first-order chi connectivity index (χ1) is 12.7. The fraction of sp³-hybridized carbons (Fsp3) is 0.471. The monoisotopic (exact) mass is 417 g/mol. The third-order valence-electron chi connectivity index (χ3n) is 5.00. The van der Waals surface area contributed by atoms with E-state index in [1.165, 1.54) is 9.87 Å². The van der Waals surface area contributed by atoms with E-state index in [2.05, 4.69) is 4.98 Å². The van der Waals surface area contributed by atoms with Crippen molar-refractivity contribution in [3.05, 3.63) is 40.4 Å². The molecule has 0 bridgehead atoms. The van der Waals surface area contributed by atoms with Crippen LogP contribution >= 0.6 is 11.3 Å². The fourth-order valence-corrected chi connectivity index (χ4v) is 5.88. The molecule has 1 fully saturated rings. The zero-order valence-electron chi connectivity index (χ0n) is 14.4. The molecule has 0 saturated carbocycles. The third-order valence-corrected chi connectivity index (χ3v) is 7.80. The SMILES string of the molecule is O=S(=O)(c1ccc2c(c1)CCC2)N1CCN(c2nc(C(F)(F)F)cs2)CC1. The van der Waals surface area contributed by atoms with Crippen LogP contribution in [0.2, 0.25) is 0 Å². The van der Waals surface area contributed by atoms with Crippen molar-refractivity contribution in [1.29, 1.82) is 0 Å². The van der Waals surface area contributed by atoms with Gasteiger partial charge in [0.15, 0.2) is 10.8 Å². The average molecular weight is 417 g/mol. The first kappa shape index (κ1) is 18.7. The number of hydrogen-bond donors (Lipinski definition) is 0. The molecule has 0 unspecified atom stereocenters. The van der Waals surface area contributed by atoms with Gasteiger partial charge in [0.05, 0.1) is 4.90 Å². The Morgan fingerprint density at radius 1 is 1.04 bits per heavy atom. The Labute approximate surface area is 159 Å². The lowest BCUT2D eigenvalue weighted by atomic mass is 10.1. The number of sulfonamides is 1. The summed E-state index contributed by atoms with van der Waals surface area (Å²) in [4.78, 5) is 5.64. The zero-order chi connectivity index (χ0) is 19.2. The molecule has 5 nitrogen and oxygen atoms in total. The van der Waals surface area contributed by atoms with Gasteiger partial charge in [0, 0.05) is 31.6 Å². The van der Waals surface area contributed by atoms with Gasteiger partial charge in [-0.3, -0.25) is 0 Å². The van der Waals surface area contributed by atoms with Crippen LogP contribution < -0.4 is 4.90 Å². The maximum absolute atomic E-state index is 12.9. The predicted molar refractivity (Wildman–Crippen MR) is 96.6 cm³/mol. The summed E-state index contributed by atoms with van der Waals surface area (Å²) in [5, 5.41) is 1.26. The van der Waals surface area contributed by atoms with E-state index in [1.54, 1.807) is 17.0 Å². The van der Waals surface area contributed by atoms with Crippen molar-refractivity contribution >= 4 is 26.5 Å². The second-order valence-electron chi connectivity index (χ2n) is 6.69. The van der Waals surface area contributed by atoms with Crippen LogP contribution in [0.1, 0.15) is 23.2 Å². The summed E-state index contributed by atoms with van der Waals surface area (Å²) in [6.45, 7) is 1.07. The topological polar surface area (TPSA) is 53.5 Å². The molecule has 0 spiro atoms. The van der Waals surface area contributed by atoms with Crippen LogP contribution in [0.5, 0.6) is 0 Å². The molecule has 4 rings (SSSR count). The highest BCUT2D eigenvalue weighted by Crippen LogP contribution is 2.33. The van der Waals surface area contributed by atoms with E-state index in [-0.39, 0.29) is 18.2 Å². The molecule has 10 heteroatoms. The van der Waals surface area contributed by atoms with Crippen LogP contribution in [0, 0.1) is 0 Å². The van der Waals surface area contributed by atoms with Crippen LogP contribution in [0.3, 0.4) is 0 Å². The molecular weight excluding hydrogens is 399 g/mol. The van der Waals surface area contributed by atoms with Gasteiger partial charge in [-0.25, -0.2) is 13.4 Å². The average Bonchev–Trinajstić information content (AvgIpc) is 3.30. The lowest BCUT2D eigenvalue weighted by molar-refractivity contribution is -0.140. The lowest BCUT2D eigenvalue weighted by Gasteiger charge is -2.33. The lowest BCUT2D eigenvalue weighted by Crippen LogP contribution is -2.48. The Kier molecular flexibility index (Phi) is 4.68. The Bertz CT molecular complexity index is 949. The van der Waals surface area contributed by atoms with Crippen molar-refractivity contribution < 1.29 is 21.6 Å². The Morgan fingerprint density at radius 2 is 1.74 bits per heavy atom. The number of piperazine rings is 1. The summed E-state index contributed by atoms with van der Waals surface area (Å²) < 4.78 is 65.3. The largest absolute Gasteiger partial charge is 0.434 e. The van der Waals surface area contributed by atoms with Crippen LogP contribution in [-0.4, -0.2) is 43.9 Å². The maximum atomic E-state index is 12.9. The second kappa shape index (κ2) is 6.75. The number of halogens is 3. The van der Waals surface area contributed by atoms with E-state index < -0.39 is 21.9 Å². The summed E-state index contributed by atoms with van der Waals surface area (Å²) in [6.07, 6.45) is -1.53. The molecule has 2 aliphatic rings. The fourth-order valence-electron chi connectivity index (χ4n) is 3.52. The normalized spacial score (nSPS) is 18.7. The van der Waals surface area contributed by atoms with Crippen LogP contribution in [-0.2, 0) is 29.0 Å². The van der Waals surface area contributed by atoms with Gasteiger partial charge in [-0.1, -0.05) is 6.07 Å². The number of thiazole rings is 1. The van der Waals surface area contributed by atoms with Gasteiger partial charge < -0.3 is 4.90 Å². The number of benzene rings is 1. The number of aromatic nitrogens is 1. The van der Waals surface area contributed by atoms with Crippen molar-refractivity contribution in [3.63, 3.8) is 0 Å². The van der Waals surface area contributed by atoms with E-state index >= 15 is 0 Å². The molecule has 0 amide bonds. The molecule has 2 aromatic rings. The van der Waals surface area contributed by atoms with Crippen molar-refractivity contribution in [2.45, 2.75) is 30.3 Å². The van der Waals surface area contributed by atoms with Gasteiger partial charge in [-0.05, 0) is 42.5 Å². The smallest absolute Gasteiger partial charge is 0.345 e. The van der Waals surface area contributed by atoms with E-state index in [1.807, 2.05) is 6.07 Å². The highest BCUT2D eigenvalue weighted by atomic mass is 32.2. The molecule has 2 heterocycles. The molecular formula is C17H18F3N3O2S2. The van der Waals surface area contributed by atoms with Crippen LogP contribution in [0.25, 0.3) is 0 Å². The molecule has 1 aliphatic carbocycles. The number of anilines is 1. The van der Waals surface area contributed by atoms with Gasteiger partial charge >= 0.3 is 6.18 Å². The minimum atomic E-state index is -4.46. The summed E-state index contributed by atoms with van der Waals surface area (Å²) in [7, 11) is -3.60. The van der Waals surface area contributed by atoms with Crippen molar-refractivity contribution in [3.8, 4) is 0 Å². The molecule has 1 saturated heterocycles. The molecule has 0 atom stereocenters. The first-order valence-corrected chi connectivity index (χ1v) is 11.0. The van der Waals surface area contributed by atoms with Gasteiger partial charge in [0.25, 0.3) is 0 Å². The zero-order valence-corrected chi connectivity index (χ0v) is 16.0. The number of nitrogens with zero attached hydrogens (tertiary/aromatic N) is 3. The quantitative estimate of drug-likeness (QED) is 0.770. The molecule has 1 aliphatic heterocycles. The van der Waals surface area contributed by atoms with Crippen molar-refractivity contribution in [2.75, 3.05) is 31.1 Å². The van der Waals surface area contributed by atoms with Crippen LogP contribution in [0.15, 0.2) is 28.5 Å². The summed E-state index contributed by atoms with van der Waals surface area (Å²) in [5.74, 6) is 0. The molecule has 1 aromatic carbocycles. The van der Waals surface area contributed by atoms with Gasteiger partial charge in [-0.15, -0.1) is 11.3 Å². The number of alkyl halides is 3. The summed E-state index contributed by atoms with van der Waals surface area (Å²) in [5.41, 5.74) is 1.40. The Hall–Kier alpha value is -1.65. The highest BCUT2D eigenvalue weighted by molar-refractivity contribution is 7.89. The molecule has 27 heavy (non-hydrogen) atoms. The number of hydrogen-bond acceptors (Lipinski definition) is 5. The molecule has 0 N–H and O–H groups in total. The van der Waals surface area contributed by atoms with Gasteiger partial charge in [0.1, 0.15) is 0 Å². The number of fused-ring (bicyclic) bond motifs is 1. The standard InChI is InChI=1S/C17H18F3N3O2S2/c18-17(19,20)15-11-26-16(21-15)22-6-8-23(9-7-22)27(24,25)14-5-4-12-2-1-3-13(12)10-14/h4-5,10-11H,1-3,6-9H2. The molecule has 1 aromatic heterocycles. The number of aryl methyl sites for hydroxylation is 2. The van der Waals surface area contributed by atoms with E-state index in [0.29, 0.717) is 18.0 Å². The number of rotatable bonds is 3. The molecule has 0 radical (unpaired) electrons. The maximum Gasteiger partial charge on any atom is 0.434 e. The van der Waals surface area contributed by atoms with Crippen LogP contribution in [0.4, 0.5) is 18.3 Å².